The van der Waals surface area contributed by atoms with Crippen LogP contribution >= 0.6 is 0 Å². The highest BCUT2D eigenvalue weighted by Gasteiger charge is 2.34. The van der Waals surface area contributed by atoms with Crippen molar-refractivity contribution < 1.29 is 13.2 Å². The zero-order valence-electron chi connectivity index (χ0n) is 10.9. The zero-order valence-corrected chi connectivity index (χ0v) is 11.7. The summed E-state index contributed by atoms with van der Waals surface area (Å²) in [7, 11) is -3.45. The smallest absolute Gasteiger partial charge is 0.243 e. The number of carbonyl (C=O) groups excluding carboxylic acids is 1. The molecule has 1 aliphatic heterocycles. The molecule has 0 aliphatic carbocycles. The molecule has 1 atom stereocenters. The maximum Gasteiger partial charge on any atom is 0.243 e. The van der Waals surface area contributed by atoms with Crippen LogP contribution in [0, 0.1) is 0 Å². The van der Waals surface area contributed by atoms with Gasteiger partial charge in [-0.1, -0.05) is 18.2 Å². The maximum atomic E-state index is 12.5. The Morgan fingerprint density at radius 2 is 2.05 bits per heavy atom. The first-order valence-corrected chi connectivity index (χ1v) is 7.77. The van der Waals surface area contributed by atoms with Gasteiger partial charge in [-0.3, -0.25) is 4.79 Å². The summed E-state index contributed by atoms with van der Waals surface area (Å²) in [5.74, 6) is -0.135. The monoisotopic (exact) mass is 282 g/mol. The number of carbonyl (C=O) groups is 1. The number of sulfonamides is 1. The summed E-state index contributed by atoms with van der Waals surface area (Å²) in [4.78, 5) is 11.3. The molecule has 1 aliphatic rings. The number of benzene rings is 1. The highest BCUT2D eigenvalue weighted by atomic mass is 32.2. The molecule has 104 valence electrons. The fraction of sp³-hybridized carbons (Fsp3) is 0.462. The van der Waals surface area contributed by atoms with Crippen LogP contribution in [0.15, 0.2) is 35.2 Å². The molecule has 2 rings (SSSR count). The fourth-order valence-electron chi connectivity index (χ4n) is 2.32. The van der Waals surface area contributed by atoms with Gasteiger partial charge in [0.05, 0.1) is 4.90 Å². The summed E-state index contributed by atoms with van der Waals surface area (Å²) in [6, 6.07) is 8.27. The maximum absolute atomic E-state index is 12.5. The van der Waals surface area contributed by atoms with Gasteiger partial charge < -0.3 is 5.32 Å². The van der Waals surface area contributed by atoms with Crippen molar-refractivity contribution in [3.8, 4) is 0 Å². The van der Waals surface area contributed by atoms with Crippen LogP contribution in [0.3, 0.4) is 0 Å². The van der Waals surface area contributed by atoms with Gasteiger partial charge in [0.1, 0.15) is 0 Å². The SMILES string of the molecule is CC(=O)NCC1CCCN1S(=O)(=O)c1ccccc1. The summed E-state index contributed by atoms with van der Waals surface area (Å²) in [6.45, 7) is 2.33. The molecule has 1 saturated heterocycles. The highest BCUT2D eigenvalue weighted by molar-refractivity contribution is 7.89. The number of rotatable bonds is 4. The lowest BCUT2D eigenvalue weighted by Gasteiger charge is -2.24. The second kappa shape index (κ2) is 5.71. The topological polar surface area (TPSA) is 66.5 Å². The lowest BCUT2D eigenvalue weighted by molar-refractivity contribution is -0.119. The van der Waals surface area contributed by atoms with Gasteiger partial charge in [-0.2, -0.15) is 4.31 Å². The Balaban J connectivity index is 2.17. The predicted molar refractivity (Wildman–Crippen MR) is 72.0 cm³/mol. The summed E-state index contributed by atoms with van der Waals surface area (Å²) >= 11 is 0. The van der Waals surface area contributed by atoms with Gasteiger partial charge in [-0.15, -0.1) is 0 Å². The van der Waals surface area contributed by atoms with Gasteiger partial charge in [0.15, 0.2) is 0 Å². The van der Waals surface area contributed by atoms with Crippen LogP contribution < -0.4 is 5.32 Å². The van der Waals surface area contributed by atoms with Crippen LogP contribution in [0.5, 0.6) is 0 Å². The van der Waals surface area contributed by atoms with Gasteiger partial charge in [0, 0.05) is 26.1 Å². The van der Waals surface area contributed by atoms with Gasteiger partial charge in [0.2, 0.25) is 15.9 Å². The van der Waals surface area contributed by atoms with Crippen molar-refractivity contribution in [3.05, 3.63) is 30.3 Å². The second-order valence-electron chi connectivity index (χ2n) is 4.66. The van der Waals surface area contributed by atoms with Crippen LogP contribution in [-0.2, 0) is 14.8 Å². The van der Waals surface area contributed by atoms with E-state index in [-0.39, 0.29) is 11.9 Å². The molecule has 1 fully saturated rings. The zero-order chi connectivity index (χ0) is 13.9. The Morgan fingerprint density at radius 1 is 1.37 bits per heavy atom. The van der Waals surface area contributed by atoms with Crippen molar-refractivity contribution in [2.75, 3.05) is 13.1 Å². The second-order valence-corrected chi connectivity index (χ2v) is 6.55. The van der Waals surface area contributed by atoms with Gasteiger partial charge in [-0.05, 0) is 25.0 Å². The lowest BCUT2D eigenvalue weighted by Crippen LogP contribution is -2.42. The van der Waals surface area contributed by atoms with Crippen molar-refractivity contribution >= 4 is 15.9 Å². The minimum Gasteiger partial charge on any atom is -0.355 e. The van der Waals surface area contributed by atoms with Crippen molar-refractivity contribution in [3.63, 3.8) is 0 Å². The molecule has 1 N–H and O–H groups in total. The predicted octanol–water partition coefficient (Wildman–Crippen LogP) is 0.976. The van der Waals surface area contributed by atoms with E-state index in [0.717, 1.165) is 12.8 Å². The summed E-state index contributed by atoms with van der Waals surface area (Å²) in [5.41, 5.74) is 0. The van der Waals surface area contributed by atoms with Gasteiger partial charge in [-0.25, -0.2) is 8.42 Å². The van der Waals surface area contributed by atoms with Crippen LogP contribution in [0.25, 0.3) is 0 Å². The van der Waals surface area contributed by atoms with Crippen molar-refractivity contribution in [2.24, 2.45) is 0 Å². The van der Waals surface area contributed by atoms with E-state index in [4.69, 9.17) is 0 Å². The average molecular weight is 282 g/mol. The molecular formula is C13H18N2O3S. The first-order valence-electron chi connectivity index (χ1n) is 6.33. The van der Waals surface area contributed by atoms with E-state index in [1.165, 1.54) is 11.2 Å². The molecule has 1 aromatic rings. The molecule has 1 heterocycles. The Labute approximate surface area is 113 Å². The Morgan fingerprint density at radius 3 is 2.68 bits per heavy atom. The molecule has 6 heteroatoms. The standard InChI is InChI=1S/C13H18N2O3S/c1-11(16)14-10-12-6-5-9-15(12)19(17,18)13-7-3-2-4-8-13/h2-4,7-8,12H,5-6,9-10H2,1H3,(H,14,16). The first-order chi connectivity index (χ1) is 9.01. The van der Waals surface area contributed by atoms with E-state index in [1.54, 1.807) is 30.3 Å². The molecule has 0 radical (unpaired) electrons. The van der Waals surface area contributed by atoms with E-state index in [2.05, 4.69) is 5.32 Å². The number of nitrogens with one attached hydrogen (secondary N) is 1. The van der Waals surface area contributed by atoms with E-state index in [0.29, 0.717) is 18.0 Å². The van der Waals surface area contributed by atoms with Gasteiger partial charge in [0.25, 0.3) is 0 Å². The number of hydrogen-bond donors (Lipinski definition) is 1. The third-order valence-electron chi connectivity index (χ3n) is 3.26. The Hall–Kier alpha value is -1.40. The molecule has 0 spiro atoms. The van der Waals surface area contributed by atoms with E-state index >= 15 is 0 Å². The quantitative estimate of drug-likeness (QED) is 0.895. The minimum atomic E-state index is -3.45. The van der Waals surface area contributed by atoms with E-state index in [9.17, 15) is 13.2 Å². The van der Waals surface area contributed by atoms with Crippen LogP contribution in [-0.4, -0.2) is 37.8 Å². The Kier molecular flexibility index (Phi) is 4.21. The first kappa shape index (κ1) is 14.0. The molecule has 1 aromatic carbocycles. The molecule has 19 heavy (non-hydrogen) atoms. The average Bonchev–Trinajstić information content (AvgIpc) is 2.86. The third-order valence-corrected chi connectivity index (χ3v) is 5.23. The Bertz CT molecular complexity index is 542. The highest BCUT2D eigenvalue weighted by Crippen LogP contribution is 2.25. The molecule has 1 amide bonds. The van der Waals surface area contributed by atoms with Crippen molar-refractivity contribution in [2.45, 2.75) is 30.7 Å². The van der Waals surface area contributed by atoms with Crippen molar-refractivity contribution in [1.82, 2.24) is 9.62 Å². The van der Waals surface area contributed by atoms with Gasteiger partial charge >= 0.3 is 0 Å². The summed E-state index contributed by atoms with van der Waals surface area (Å²) in [5, 5.41) is 2.70. The normalized spacial score (nSPS) is 20.4. The summed E-state index contributed by atoms with van der Waals surface area (Å²) < 4.78 is 26.5. The molecule has 1 unspecified atom stereocenters. The molecule has 0 saturated carbocycles. The largest absolute Gasteiger partial charge is 0.355 e. The minimum absolute atomic E-state index is 0.135. The van der Waals surface area contributed by atoms with Crippen LogP contribution in [0.2, 0.25) is 0 Å². The third kappa shape index (κ3) is 3.13. The fourth-order valence-corrected chi connectivity index (χ4v) is 4.03. The molecule has 5 nitrogen and oxygen atoms in total. The number of hydrogen-bond acceptors (Lipinski definition) is 3. The van der Waals surface area contributed by atoms with Crippen LogP contribution in [0.1, 0.15) is 19.8 Å². The van der Waals surface area contributed by atoms with E-state index < -0.39 is 10.0 Å². The van der Waals surface area contributed by atoms with Crippen molar-refractivity contribution in [1.29, 1.82) is 0 Å². The molecular weight excluding hydrogens is 264 g/mol. The lowest BCUT2D eigenvalue weighted by atomic mass is 10.2. The number of amides is 1. The molecule has 0 bridgehead atoms. The summed E-state index contributed by atoms with van der Waals surface area (Å²) in [6.07, 6.45) is 1.61. The number of nitrogens with zero attached hydrogens (tertiary/aromatic N) is 1. The molecule has 0 aromatic heterocycles. The van der Waals surface area contributed by atoms with Crippen LogP contribution in [0.4, 0.5) is 0 Å². The van der Waals surface area contributed by atoms with E-state index in [1.807, 2.05) is 0 Å².